The van der Waals surface area contributed by atoms with E-state index in [0.29, 0.717) is 6.42 Å². The van der Waals surface area contributed by atoms with Crippen LogP contribution in [0.25, 0.3) is 0 Å². The van der Waals surface area contributed by atoms with Crippen LogP contribution in [-0.4, -0.2) is 5.78 Å². The summed E-state index contributed by atoms with van der Waals surface area (Å²) in [4.78, 5) is 10.6. The van der Waals surface area contributed by atoms with E-state index in [-0.39, 0.29) is 11.7 Å². The van der Waals surface area contributed by atoms with Crippen LogP contribution in [0.2, 0.25) is 0 Å². The van der Waals surface area contributed by atoms with Crippen LogP contribution in [0, 0.1) is 18.3 Å². The van der Waals surface area contributed by atoms with Gasteiger partial charge in [-0.1, -0.05) is 18.1 Å². The summed E-state index contributed by atoms with van der Waals surface area (Å²) in [5, 5.41) is 0. The highest BCUT2D eigenvalue weighted by Gasteiger charge is 2.01. The number of Topliss-reactive ketones (excluding diaryl/α,β-unsaturated/α-hetero) is 1. The fraction of sp³-hybridized carbons (Fsp3) is 0.444. The molecule has 0 heterocycles. The molecule has 0 saturated heterocycles. The molecule has 1 heteroatoms. The van der Waals surface area contributed by atoms with Crippen LogP contribution < -0.4 is 0 Å². The van der Waals surface area contributed by atoms with E-state index in [4.69, 9.17) is 6.42 Å². The minimum Gasteiger partial charge on any atom is -0.300 e. The Balaban J connectivity index is 3.87. The highest BCUT2D eigenvalue weighted by atomic mass is 16.1. The highest BCUT2D eigenvalue weighted by Crippen LogP contribution is 2.03. The Morgan fingerprint density at radius 2 is 2.40 bits per heavy atom. The first-order chi connectivity index (χ1) is 4.70. The molecule has 0 aliphatic carbocycles. The molecule has 1 atom stereocenters. The van der Waals surface area contributed by atoms with Gasteiger partial charge in [-0.2, -0.15) is 0 Å². The normalized spacial score (nSPS) is 12.9. The van der Waals surface area contributed by atoms with E-state index in [2.05, 4.69) is 5.92 Å². The smallest absolute Gasteiger partial charge is 0.131 e. The molecular weight excluding hydrogens is 124 g/mol. The van der Waals surface area contributed by atoms with Crippen molar-refractivity contribution >= 4 is 5.78 Å². The molecule has 0 bridgehead atoms. The monoisotopic (exact) mass is 136 g/mol. The number of carbonyl (C=O) groups is 1. The van der Waals surface area contributed by atoms with Gasteiger partial charge in [0.2, 0.25) is 0 Å². The lowest BCUT2D eigenvalue weighted by molar-refractivity contribution is -0.117. The second-order valence-electron chi connectivity index (χ2n) is 2.21. The molecule has 0 aromatic heterocycles. The molecule has 0 saturated carbocycles. The lowest BCUT2D eigenvalue weighted by Gasteiger charge is -1.98. The van der Waals surface area contributed by atoms with Crippen LogP contribution in [0.1, 0.15) is 20.3 Å². The number of hydrogen-bond acceptors (Lipinski definition) is 1. The van der Waals surface area contributed by atoms with Crippen molar-refractivity contribution < 1.29 is 4.79 Å². The summed E-state index contributed by atoms with van der Waals surface area (Å²) in [6.07, 6.45) is 9.34. The molecule has 0 aliphatic rings. The van der Waals surface area contributed by atoms with Crippen molar-refractivity contribution in [2.24, 2.45) is 5.92 Å². The van der Waals surface area contributed by atoms with E-state index in [1.165, 1.54) is 0 Å². The third kappa shape index (κ3) is 3.91. The number of terminal acetylenes is 1. The molecule has 1 unspecified atom stereocenters. The maximum atomic E-state index is 10.6. The van der Waals surface area contributed by atoms with Crippen molar-refractivity contribution in [1.29, 1.82) is 0 Å². The zero-order valence-corrected chi connectivity index (χ0v) is 6.42. The maximum absolute atomic E-state index is 10.6. The first-order valence-electron chi connectivity index (χ1n) is 3.29. The standard InChI is InChI=1S/C9H12O/c1-4-6-9(5-2)7-8(3)10/h2,4,6,9H,7H2,1,3H3/b6-4+. The van der Waals surface area contributed by atoms with Crippen molar-refractivity contribution in [3.63, 3.8) is 0 Å². The predicted octanol–water partition coefficient (Wildman–Crippen LogP) is 1.79. The summed E-state index contributed by atoms with van der Waals surface area (Å²) in [5.41, 5.74) is 0. The van der Waals surface area contributed by atoms with Crippen LogP contribution in [0.4, 0.5) is 0 Å². The lowest BCUT2D eigenvalue weighted by atomic mass is 10.0. The molecule has 10 heavy (non-hydrogen) atoms. The van der Waals surface area contributed by atoms with Gasteiger partial charge in [-0.3, -0.25) is 4.79 Å². The van der Waals surface area contributed by atoms with Crippen LogP contribution in [0.15, 0.2) is 12.2 Å². The van der Waals surface area contributed by atoms with Gasteiger partial charge in [0.25, 0.3) is 0 Å². The molecule has 0 N–H and O–H groups in total. The molecule has 0 fully saturated rings. The average Bonchev–Trinajstić information content (AvgIpc) is 1.86. The summed E-state index contributed by atoms with van der Waals surface area (Å²) in [5.74, 6) is 2.65. The van der Waals surface area contributed by atoms with E-state index in [9.17, 15) is 4.79 Å². The highest BCUT2D eigenvalue weighted by molar-refractivity contribution is 5.76. The van der Waals surface area contributed by atoms with Crippen molar-refractivity contribution in [3.8, 4) is 12.3 Å². The number of rotatable bonds is 3. The second-order valence-corrected chi connectivity index (χ2v) is 2.21. The molecule has 0 aromatic carbocycles. The zero-order chi connectivity index (χ0) is 7.98. The molecule has 0 aliphatic heterocycles. The summed E-state index contributed by atoms with van der Waals surface area (Å²) in [6.45, 7) is 3.44. The summed E-state index contributed by atoms with van der Waals surface area (Å²) in [6, 6.07) is 0. The van der Waals surface area contributed by atoms with Crippen LogP contribution in [0.5, 0.6) is 0 Å². The van der Waals surface area contributed by atoms with Crippen molar-refractivity contribution in [2.75, 3.05) is 0 Å². The molecule has 0 amide bonds. The van der Waals surface area contributed by atoms with E-state index >= 15 is 0 Å². The number of allylic oxidation sites excluding steroid dienone is 2. The summed E-state index contributed by atoms with van der Waals surface area (Å²) < 4.78 is 0. The van der Waals surface area contributed by atoms with E-state index in [1.807, 2.05) is 19.1 Å². The maximum Gasteiger partial charge on any atom is 0.131 e. The van der Waals surface area contributed by atoms with E-state index in [0.717, 1.165) is 0 Å². The van der Waals surface area contributed by atoms with Gasteiger partial charge < -0.3 is 0 Å². The van der Waals surface area contributed by atoms with Gasteiger partial charge >= 0.3 is 0 Å². The second kappa shape index (κ2) is 4.81. The first-order valence-corrected chi connectivity index (χ1v) is 3.29. The van der Waals surface area contributed by atoms with Gasteiger partial charge in [-0.05, 0) is 13.8 Å². The largest absolute Gasteiger partial charge is 0.300 e. The van der Waals surface area contributed by atoms with Crippen LogP contribution in [0.3, 0.4) is 0 Å². The molecule has 0 aromatic rings. The predicted molar refractivity (Wildman–Crippen MR) is 42.4 cm³/mol. The number of hydrogen-bond donors (Lipinski definition) is 0. The van der Waals surface area contributed by atoms with Gasteiger partial charge in [0.05, 0.1) is 0 Å². The van der Waals surface area contributed by atoms with Crippen LogP contribution >= 0.6 is 0 Å². The Morgan fingerprint density at radius 1 is 1.80 bits per heavy atom. The van der Waals surface area contributed by atoms with Gasteiger partial charge in [0, 0.05) is 12.3 Å². The molecule has 0 radical (unpaired) electrons. The third-order valence-electron chi connectivity index (χ3n) is 1.15. The zero-order valence-electron chi connectivity index (χ0n) is 6.42. The summed E-state index contributed by atoms with van der Waals surface area (Å²) >= 11 is 0. The van der Waals surface area contributed by atoms with Gasteiger partial charge in [0.15, 0.2) is 0 Å². The Kier molecular flexibility index (Phi) is 4.32. The van der Waals surface area contributed by atoms with Crippen molar-refractivity contribution in [2.45, 2.75) is 20.3 Å². The Hall–Kier alpha value is -1.03. The minimum atomic E-state index is -0.0116. The van der Waals surface area contributed by atoms with E-state index in [1.54, 1.807) is 6.92 Å². The number of ketones is 1. The SMILES string of the molecule is C#CC(/C=C/C)CC(C)=O. The van der Waals surface area contributed by atoms with Gasteiger partial charge in [0.1, 0.15) is 5.78 Å². The van der Waals surface area contributed by atoms with Crippen molar-refractivity contribution in [3.05, 3.63) is 12.2 Å². The van der Waals surface area contributed by atoms with Crippen LogP contribution in [-0.2, 0) is 4.79 Å². The molecular formula is C9H12O. The molecule has 54 valence electrons. The summed E-state index contributed by atoms with van der Waals surface area (Å²) in [7, 11) is 0. The fourth-order valence-electron chi connectivity index (χ4n) is 0.725. The third-order valence-corrected chi connectivity index (χ3v) is 1.15. The molecule has 0 rings (SSSR count). The molecule has 1 nitrogen and oxygen atoms in total. The quantitative estimate of drug-likeness (QED) is 0.427. The molecule has 0 spiro atoms. The Labute approximate surface area is 62.1 Å². The minimum absolute atomic E-state index is 0.0116. The van der Waals surface area contributed by atoms with E-state index < -0.39 is 0 Å². The van der Waals surface area contributed by atoms with Gasteiger partial charge in [-0.25, -0.2) is 0 Å². The van der Waals surface area contributed by atoms with Gasteiger partial charge in [-0.15, -0.1) is 6.42 Å². The Morgan fingerprint density at radius 3 is 2.70 bits per heavy atom. The fourth-order valence-corrected chi connectivity index (χ4v) is 0.725. The van der Waals surface area contributed by atoms with Crippen molar-refractivity contribution in [1.82, 2.24) is 0 Å². The average molecular weight is 136 g/mol. The topological polar surface area (TPSA) is 17.1 Å². The first kappa shape index (κ1) is 8.97. The number of carbonyl (C=O) groups excluding carboxylic acids is 1. The Bertz CT molecular complexity index is 172. The lowest BCUT2D eigenvalue weighted by Crippen LogP contribution is -1.99.